The van der Waals surface area contributed by atoms with E-state index in [-0.39, 0.29) is 30.3 Å². The Balaban J connectivity index is 1.21. The summed E-state index contributed by atoms with van der Waals surface area (Å²) in [5, 5.41) is 11.5. The largest absolute Gasteiger partial charge is 0.445 e. The lowest BCUT2D eigenvalue weighted by atomic mass is 9.96. The second-order valence-electron chi connectivity index (χ2n) is 10.4. The topological polar surface area (TPSA) is 110 Å². The van der Waals surface area contributed by atoms with Gasteiger partial charge < -0.3 is 19.9 Å². The van der Waals surface area contributed by atoms with Crippen molar-refractivity contribution in [3.63, 3.8) is 0 Å². The van der Waals surface area contributed by atoms with Crippen LogP contribution in [0.15, 0.2) is 30.3 Å². The first-order valence-electron chi connectivity index (χ1n) is 12.8. The highest BCUT2D eigenvalue weighted by Crippen LogP contribution is 2.35. The lowest BCUT2D eigenvalue weighted by Gasteiger charge is -2.33. The Kier molecular flexibility index (Phi) is 6.93. The SMILES string of the molecule is CC(=O)N1Cc2nnn(CC3CC3)c2[C@H](C(=O)N2C[C@H](CNC(=O)OCc3ccccc3)[C@H](C)C2)C1. The molecule has 0 unspecified atom stereocenters. The van der Waals surface area contributed by atoms with Crippen LogP contribution in [0.2, 0.25) is 0 Å². The Bertz CT molecular complexity index is 1110. The van der Waals surface area contributed by atoms with Gasteiger partial charge in [-0.05, 0) is 36.2 Å². The number of benzene rings is 1. The Morgan fingerprint density at radius 2 is 1.86 bits per heavy atom. The predicted octanol–water partition coefficient (Wildman–Crippen LogP) is 2.15. The molecule has 0 bridgehead atoms. The highest BCUT2D eigenvalue weighted by Gasteiger charge is 2.42. The normalized spacial score (nSPS) is 23.3. The maximum absolute atomic E-state index is 13.8. The van der Waals surface area contributed by atoms with Crippen molar-refractivity contribution in [3.8, 4) is 0 Å². The first kappa shape index (κ1) is 24.3. The van der Waals surface area contributed by atoms with Gasteiger partial charge >= 0.3 is 6.09 Å². The lowest BCUT2D eigenvalue weighted by molar-refractivity contribution is -0.135. The molecule has 1 N–H and O–H groups in total. The minimum Gasteiger partial charge on any atom is -0.445 e. The minimum atomic E-state index is -0.471. The van der Waals surface area contributed by atoms with E-state index in [1.54, 1.807) is 4.90 Å². The lowest BCUT2D eigenvalue weighted by Crippen LogP contribution is -2.45. The molecule has 192 valence electrons. The van der Waals surface area contributed by atoms with Crippen LogP contribution >= 0.6 is 0 Å². The summed E-state index contributed by atoms with van der Waals surface area (Å²) >= 11 is 0. The second kappa shape index (κ2) is 10.3. The monoisotopic (exact) mass is 494 g/mol. The molecule has 1 saturated heterocycles. The summed E-state index contributed by atoms with van der Waals surface area (Å²) in [6, 6.07) is 9.55. The number of carbonyl (C=O) groups is 3. The zero-order chi connectivity index (χ0) is 25.2. The predicted molar refractivity (Wildman–Crippen MR) is 130 cm³/mol. The van der Waals surface area contributed by atoms with Crippen LogP contribution < -0.4 is 5.32 Å². The summed E-state index contributed by atoms with van der Waals surface area (Å²) in [5.41, 5.74) is 2.52. The fourth-order valence-electron chi connectivity index (χ4n) is 5.21. The molecular formula is C26H34N6O4. The molecule has 1 aromatic heterocycles. The fourth-order valence-corrected chi connectivity index (χ4v) is 5.21. The molecule has 2 fully saturated rings. The Hall–Kier alpha value is -3.43. The van der Waals surface area contributed by atoms with Crippen molar-refractivity contribution in [1.29, 1.82) is 0 Å². The van der Waals surface area contributed by atoms with E-state index in [4.69, 9.17) is 4.74 Å². The number of fused-ring (bicyclic) bond motifs is 1. The number of likely N-dealkylation sites (tertiary alicyclic amines) is 1. The van der Waals surface area contributed by atoms with Crippen LogP contribution in [0.1, 0.15) is 49.6 Å². The van der Waals surface area contributed by atoms with Crippen LogP contribution in [0.25, 0.3) is 0 Å². The number of ether oxygens (including phenoxy) is 1. The average Bonchev–Trinajstić information content (AvgIpc) is 3.49. The Labute approximate surface area is 211 Å². The van der Waals surface area contributed by atoms with Crippen molar-refractivity contribution in [3.05, 3.63) is 47.3 Å². The fraction of sp³-hybridized carbons (Fsp3) is 0.577. The number of carbonyl (C=O) groups excluding carboxylic acids is 3. The number of hydrogen-bond donors (Lipinski definition) is 1. The second-order valence-corrected chi connectivity index (χ2v) is 10.4. The van der Waals surface area contributed by atoms with Gasteiger partial charge in [0.2, 0.25) is 11.8 Å². The van der Waals surface area contributed by atoms with E-state index >= 15 is 0 Å². The number of nitrogens with zero attached hydrogens (tertiary/aromatic N) is 5. The van der Waals surface area contributed by atoms with Gasteiger partial charge in [-0.3, -0.25) is 9.59 Å². The van der Waals surface area contributed by atoms with Gasteiger partial charge in [0.15, 0.2) is 0 Å². The molecule has 2 aliphatic heterocycles. The maximum Gasteiger partial charge on any atom is 0.407 e. The van der Waals surface area contributed by atoms with E-state index in [9.17, 15) is 14.4 Å². The third-order valence-electron chi connectivity index (χ3n) is 7.59. The van der Waals surface area contributed by atoms with Crippen LogP contribution in [0, 0.1) is 17.8 Å². The maximum atomic E-state index is 13.8. The van der Waals surface area contributed by atoms with Gasteiger partial charge in [-0.25, -0.2) is 9.48 Å². The molecule has 1 aliphatic carbocycles. The molecule has 0 radical (unpaired) electrons. The molecule has 3 amide bonds. The molecule has 3 heterocycles. The Morgan fingerprint density at radius 3 is 2.58 bits per heavy atom. The number of nitrogens with one attached hydrogen (secondary N) is 1. The van der Waals surface area contributed by atoms with Gasteiger partial charge in [0.1, 0.15) is 12.3 Å². The molecule has 5 rings (SSSR count). The summed E-state index contributed by atoms with van der Waals surface area (Å²) < 4.78 is 7.22. The molecule has 10 nitrogen and oxygen atoms in total. The van der Waals surface area contributed by atoms with Crippen LogP contribution in [-0.2, 0) is 34.0 Å². The average molecular weight is 495 g/mol. The van der Waals surface area contributed by atoms with E-state index in [1.807, 2.05) is 39.9 Å². The summed E-state index contributed by atoms with van der Waals surface area (Å²) in [6.07, 6.45) is 1.90. The standard InChI is InChI=1S/C26H34N6O4/c1-17-11-31(13-21(17)10-27-26(35)36-16-20-6-4-3-5-7-20)25(34)22-14-30(18(2)33)15-23-24(22)32(29-28-23)12-19-8-9-19/h3-7,17,19,21-22H,8-16H2,1-2H3,(H,27,35)/t17-,21+,22-/m1/s1. The van der Waals surface area contributed by atoms with E-state index in [1.165, 1.54) is 19.8 Å². The van der Waals surface area contributed by atoms with Crippen molar-refractivity contribution in [2.75, 3.05) is 26.2 Å². The van der Waals surface area contributed by atoms with Gasteiger partial charge in [-0.2, -0.15) is 0 Å². The highest BCUT2D eigenvalue weighted by atomic mass is 16.5. The van der Waals surface area contributed by atoms with E-state index in [0.29, 0.717) is 38.6 Å². The third kappa shape index (κ3) is 5.37. The molecule has 10 heteroatoms. The molecule has 1 aromatic carbocycles. The van der Waals surface area contributed by atoms with Gasteiger partial charge in [0.25, 0.3) is 0 Å². The highest BCUT2D eigenvalue weighted by molar-refractivity contribution is 5.86. The first-order valence-corrected chi connectivity index (χ1v) is 12.8. The molecule has 2 aromatic rings. The van der Waals surface area contributed by atoms with E-state index in [0.717, 1.165) is 23.5 Å². The number of alkyl carbamates (subject to hydrolysis) is 1. The van der Waals surface area contributed by atoms with Crippen LogP contribution in [0.3, 0.4) is 0 Å². The quantitative estimate of drug-likeness (QED) is 0.632. The smallest absolute Gasteiger partial charge is 0.407 e. The van der Waals surface area contributed by atoms with E-state index < -0.39 is 12.0 Å². The zero-order valence-corrected chi connectivity index (χ0v) is 20.9. The van der Waals surface area contributed by atoms with Crippen LogP contribution in [-0.4, -0.2) is 68.9 Å². The number of rotatable bonds is 7. The van der Waals surface area contributed by atoms with E-state index in [2.05, 4.69) is 22.6 Å². The van der Waals surface area contributed by atoms with Crippen molar-refractivity contribution in [2.24, 2.45) is 17.8 Å². The molecule has 0 spiro atoms. The van der Waals surface area contributed by atoms with Crippen LogP contribution in [0.4, 0.5) is 4.79 Å². The number of amides is 3. The number of aromatic nitrogens is 3. The molecular weight excluding hydrogens is 460 g/mol. The Morgan fingerprint density at radius 1 is 1.08 bits per heavy atom. The first-order chi connectivity index (χ1) is 17.4. The zero-order valence-electron chi connectivity index (χ0n) is 20.9. The summed E-state index contributed by atoms with van der Waals surface area (Å²) in [5.74, 6) is 0.413. The third-order valence-corrected chi connectivity index (χ3v) is 7.59. The van der Waals surface area contributed by atoms with Crippen molar-refractivity contribution in [1.82, 2.24) is 30.1 Å². The minimum absolute atomic E-state index is 0.00236. The molecule has 1 saturated carbocycles. The van der Waals surface area contributed by atoms with Gasteiger partial charge in [-0.1, -0.05) is 42.5 Å². The molecule has 3 aliphatic rings. The van der Waals surface area contributed by atoms with Crippen molar-refractivity contribution < 1.29 is 19.1 Å². The number of hydrogen-bond acceptors (Lipinski definition) is 6. The summed E-state index contributed by atoms with van der Waals surface area (Å²) in [6.45, 7) is 6.97. The van der Waals surface area contributed by atoms with Gasteiger partial charge in [0.05, 0.1) is 18.2 Å². The summed E-state index contributed by atoms with van der Waals surface area (Å²) in [4.78, 5) is 41.7. The molecule has 36 heavy (non-hydrogen) atoms. The van der Waals surface area contributed by atoms with Crippen LogP contribution in [0.5, 0.6) is 0 Å². The van der Waals surface area contributed by atoms with Crippen molar-refractivity contribution in [2.45, 2.75) is 52.3 Å². The van der Waals surface area contributed by atoms with Gasteiger partial charge in [0, 0.05) is 39.6 Å². The summed E-state index contributed by atoms with van der Waals surface area (Å²) in [7, 11) is 0. The van der Waals surface area contributed by atoms with Gasteiger partial charge in [-0.15, -0.1) is 5.10 Å². The molecule has 3 atom stereocenters. The van der Waals surface area contributed by atoms with Crippen molar-refractivity contribution >= 4 is 17.9 Å².